The lowest BCUT2D eigenvalue weighted by atomic mass is 9.96. The fourth-order valence-corrected chi connectivity index (χ4v) is 3.58. The van der Waals surface area contributed by atoms with Crippen molar-refractivity contribution in [3.05, 3.63) is 47.8 Å². The highest BCUT2D eigenvalue weighted by Crippen LogP contribution is 2.26. The maximum atomic E-state index is 11.3. The molecule has 1 aromatic carbocycles. The quantitative estimate of drug-likeness (QED) is 0.700. The largest absolute Gasteiger partial charge is 0.368 e. The second kappa shape index (κ2) is 6.84. The average Bonchev–Trinajstić information content (AvgIpc) is 2.83. The van der Waals surface area contributed by atoms with Crippen LogP contribution >= 0.6 is 0 Å². The molecule has 3 rings (SSSR count). The summed E-state index contributed by atoms with van der Waals surface area (Å²) in [6.45, 7) is 7.34. The lowest BCUT2D eigenvalue weighted by Crippen LogP contribution is -2.18. The van der Waals surface area contributed by atoms with Crippen molar-refractivity contribution in [3.63, 3.8) is 0 Å². The molecule has 0 fully saturated rings. The summed E-state index contributed by atoms with van der Waals surface area (Å²) in [7, 11) is -3.28. The van der Waals surface area contributed by atoms with E-state index in [2.05, 4.69) is 46.1 Å². The summed E-state index contributed by atoms with van der Waals surface area (Å²) in [5.41, 5.74) is 9.45. The Bertz CT molecular complexity index is 1060. The number of benzene rings is 1. The van der Waals surface area contributed by atoms with E-state index >= 15 is 0 Å². The summed E-state index contributed by atoms with van der Waals surface area (Å²) in [5.74, 6) is 0.263. The number of anilines is 2. The number of nitrogen functional groups attached to an aromatic ring is 1. The highest BCUT2D eigenvalue weighted by atomic mass is 32.2. The van der Waals surface area contributed by atoms with Gasteiger partial charge < -0.3 is 10.3 Å². The van der Waals surface area contributed by atoms with Crippen LogP contribution in [0.15, 0.2) is 36.5 Å². The fourth-order valence-electron chi connectivity index (χ4n) is 3.02. The first-order valence-electron chi connectivity index (χ1n) is 8.67. The predicted molar refractivity (Wildman–Crippen MR) is 109 cm³/mol. The highest BCUT2D eigenvalue weighted by Gasteiger charge is 2.18. The van der Waals surface area contributed by atoms with Gasteiger partial charge in [0.1, 0.15) is 5.65 Å². The molecular weight excluding hydrogens is 362 g/mol. The van der Waals surface area contributed by atoms with E-state index in [4.69, 9.17) is 5.73 Å². The third-order valence-corrected chi connectivity index (χ3v) is 4.62. The van der Waals surface area contributed by atoms with Crippen LogP contribution in [-0.4, -0.2) is 29.2 Å². The molecule has 2 heterocycles. The molecule has 0 saturated heterocycles. The Morgan fingerprint density at radius 3 is 2.44 bits per heavy atom. The molecule has 0 aliphatic heterocycles. The zero-order valence-electron chi connectivity index (χ0n) is 16.0. The van der Waals surface area contributed by atoms with E-state index in [1.54, 1.807) is 18.3 Å². The molecule has 3 aromatic rings. The molecule has 0 unspecified atom stereocenters. The summed E-state index contributed by atoms with van der Waals surface area (Å²) in [5, 5.41) is 0.957. The zero-order chi connectivity index (χ0) is 19.8. The third-order valence-electron chi connectivity index (χ3n) is 4.01. The summed E-state index contributed by atoms with van der Waals surface area (Å²) >= 11 is 0. The van der Waals surface area contributed by atoms with Gasteiger partial charge in [-0.05, 0) is 29.2 Å². The first-order valence-corrected chi connectivity index (χ1v) is 10.6. The van der Waals surface area contributed by atoms with Crippen LogP contribution in [0.4, 0.5) is 11.6 Å². The van der Waals surface area contributed by atoms with E-state index in [0.717, 1.165) is 35.1 Å². The molecular formula is C19H25N5O2S. The minimum absolute atomic E-state index is 0.0731. The Hall–Kier alpha value is -2.61. The molecule has 8 heteroatoms. The standard InChI is InChI=1S/C19H25N5O2S/c1-19(2,3)12-24-16(10-14-11-21-18(20)22-17(14)24)9-13-5-7-15(8-6-13)23-27(4,25)26/h5-8,10-11,23H,9,12H2,1-4H3,(H2,20,21,22). The van der Waals surface area contributed by atoms with Gasteiger partial charge in [0.25, 0.3) is 0 Å². The second-order valence-corrected chi connectivity index (χ2v) is 9.79. The van der Waals surface area contributed by atoms with Crippen LogP contribution in [0.1, 0.15) is 32.0 Å². The van der Waals surface area contributed by atoms with E-state index < -0.39 is 10.0 Å². The van der Waals surface area contributed by atoms with Gasteiger partial charge in [0.05, 0.1) is 6.26 Å². The van der Waals surface area contributed by atoms with Crippen LogP contribution in [0.3, 0.4) is 0 Å². The van der Waals surface area contributed by atoms with Crippen LogP contribution in [-0.2, 0) is 23.0 Å². The Kier molecular flexibility index (Phi) is 4.86. The number of nitrogens with one attached hydrogen (secondary N) is 1. The minimum Gasteiger partial charge on any atom is -0.368 e. The topological polar surface area (TPSA) is 103 Å². The summed E-state index contributed by atoms with van der Waals surface area (Å²) in [6, 6.07) is 9.47. The molecule has 0 amide bonds. The molecule has 7 nitrogen and oxygen atoms in total. The molecule has 0 aliphatic rings. The molecule has 0 saturated carbocycles. The Morgan fingerprint density at radius 1 is 1.19 bits per heavy atom. The van der Waals surface area contributed by atoms with E-state index in [9.17, 15) is 8.42 Å². The van der Waals surface area contributed by atoms with Crippen molar-refractivity contribution in [3.8, 4) is 0 Å². The smallest absolute Gasteiger partial charge is 0.229 e. The van der Waals surface area contributed by atoms with Crippen LogP contribution in [0.25, 0.3) is 11.0 Å². The van der Waals surface area contributed by atoms with Gasteiger partial charge in [0.2, 0.25) is 16.0 Å². The van der Waals surface area contributed by atoms with Crippen LogP contribution in [0.2, 0.25) is 0 Å². The van der Waals surface area contributed by atoms with Gasteiger partial charge >= 0.3 is 0 Å². The van der Waals surface area contributed by atoms with Crippen LogP contribution in [0.5, 0.6) is 0 Å². The van der Waals surface area contributed by atoms with E-state index in [-0.39, 0.29) is 11.4 Å². The van der Waals surface area contributed by atoms with E-state index in [1.165, 1.54) is 0 Å². The van der Waals surface area contributed by atoms with E-state index in [0.29, 0.717) is 12.1 Å². The van der Waals surface area contributed by atoms with Crippen molar-refractivity contribution in [2.75, 3.05) is 16.7 Å². The lowest BCUT2D eigenvalue weighted by Gasteiger charge is -2.22. The second-order valence-electron chi connectivity index (χ2n) is 8.04. The van der Waals surface area contributed by atoms with Gasteiger partial charge in [-0.25, -0.2) is 13.4 Å². The van der Waals surface area contributed by atoms with Gasteiger partial charge in [-0.2, -0.15) is 4.98 Å². The molecule has 27 heavy (non-hydrogen) atoms. The molecule has 0 radical (unpaired) electrons. The van der Waals surface area contributed by atoms with Crippen LogP contribution < -0.4 is 10.5 Å². The number of rotatable bonds is 5. The van der Waals surface area contributed by atoms with Gasteiger partial charge in [0, 0.05) is 35.9 Å². The Labute approximate surface area is 159 Å². The monoisotopic (exact) mass is 387 g/mol. The first-order chi connectivity index (χ1) is 12.5. The summed E-state index contributed by atoms with van der Waals surface area (Å²) in [4.78, 5) is 8.53. The number of nitrogens with two attached hydrogens (primary N) is 1. The summed E-state index contributed by atoms with van der Waals surface area (Å²) in [6.07, 6.45) is 3.59. The van der Waals surface area contributed by atoms with Gasteiger partial charge in [0.15, 0.2) is 0 Å². The SMILES string of the molecule is CC(C)(C)Cn1c(Cc2ccc(NS(C)(=O)=O)cc2)cc2cnc(N)nc21. The van der Waals surface area contributed by atoms with Gasteiger partial charge in [-0.3, -0.25) is 4.72 Å². The zero-order valence-corrected chi connectivity index (χ0v) is 16.8. The number of aromatic nitrogens is 3. The Morgan fingerprint density at radius 2 is 1.85 bits per heavy atom. The highest BCUT2D eigenvalue weighted by molar-refractivity contribution is 7.92. The van der Waals surface area contributed by atoms with Crippen molar-refractivity contribution < 1.29 is 8.42 Å². The number of hydrogen-bond donors (Lipinski definition) is 2. The molecule has 2 aromatic heterocycles. The number of hydrogen-bond acceptors (Lipinski definition) is 5. The van der Waals surface area contributed by atoms with Crippen molar-refractivity contribution in [1.82, 2.24) is 14.5 Å². The van der Waals surface area contributed by atoms with E-state index in [1.807, 2.05) is 12.1 Å². The normalized spacial score (nSPS) is 12.4. The average molecular weight is 388 g/mol. The molecule has 144 valence electrons. The number of nitrogens with zero attached hydrogens (tertiary/aromatic N) is 3. The lowest BCUT2D eigenvalue weighted by molar-refractivity contribution is 0.344. The third kappa shape index (κ3) is 4.97. The molecule has 0 aliphatic carbocycles. The van der Waals surface area contributed by atoms with Crippen molar-refractivity contribution in [2.45, 2.75) is 33.7 Å². The number of fused-ring (bicyclic) bond motifs is 1. The van der Waals surface area contributed by atoms with Crippen molar-refractivity contribution in [1.29, 1.82) is 0 Å². The molecule has 3 N–H and O–H groups in total. The molecule has 0 bridgehead atoms. The maximum Gasteiger partial charge on any atom is 0.229 e. The summed E-state index contributed by atoms with van der Waals surface area (Å²) < 4.78 is 27.4. The minimum atomic E-state index is -3.28. The maximum absolute atomic E-state index is 11.3. The fraction of sp³-hybridized carbons (Fsp3) is 0.368. The van der Waals surface area contributed by atoms with Crippen molar-refractivity contribution >= 4 is 32.7 Å². The molecule has 0 spiro atoms. The van der Waals surface area contributed by atoms with Gasteiger partial charge in [-0.15, -0.1) is 0 Å². The predicted octanol–water partition coefficient (Wildman–Crippen LogP) is 3.02. The first kappa shape index (κ1) is 19.2. The number of sulfonamides is 1. The Balaban J connectivity index is 1.95. The van der Waals surface area contributed by atoms with Crippen molar-refractivity contribution in [2.24, 2.45) is 5.41 Å². The van der Waals surface area contributed by atoms with Gasteiger partial charge in [-0.1, -0.05) is 32.9 Å². The van der Waals surface area contributed by atoms with Crippen LogP contribution in [0, 0.1) is 5.41 Å². The molecule has 0 atom stereocenters.